The fourth-order valence-corrected chi connectivity index (χ4v) is 3.36. The van der Waals surface area contributed by atoms with Crippen molar-refractivity contribution in [3.05, 3.63) is 24.3 Å². The molecular weight excluding hydrogens is 260 g/mol. The molecule has 1 aromatic carbocycles. The minimum atomic E-state index is 0.450. The summed E-state index contributed by atoms with van der Waals surface area (Å²) in [5.41, 5.74) is 1.46. The predicted octanol–water partition coefficient (Wildman–Crippen LogP) is 3.69. The molecule has 4 nitrogen and oxygen atoms in total. The first kappa shape index (κ1) is 14.1. The van der Waals surface area contributed by atoms with E-state index in [1.165, 1.54) is 19.3 Å². The molecule has 112 valence electrons. The normalized spacial score (nSPS) is 17.4. The minimum Gasteiger partial charge on any atom is -0.357 e. The molecule has 2 heterocycles. The molecule has 0 amide bonds. The zero-order valence-electron chi connectivity index (χ0n) is 13.2. The van der Waals surface area contributed by atoms with Crippen molar-refractivity contribution in [1.29, 1.82) is 0 Å². The summed E-state index contributed by atoms with van der Waals surface area (Å²) in [7, 11) is 1.88. The molecule has 1 aromatic heterocycles. The van der Waals surface area contributed by atoms with E-state index in [-0.39, 0.29) is 0 Å². The Hall–Kier alpha value is -1.84. The highest BCUT2D eigenvalue weighted by Crippen LogP contribution is 2.40. The Morgan fingerprint density at radius 3 is 2.62 bits per heavy atom. The van der Waals surface area contributed by atoms with E-state index < -0.39 is 0 Å². The van der Waals surface area contributed by atoms with E-state index in [2.05, 4.69) is 47.2 Å². The highest BCUT2D eigenvalue weighted by molar-refractivity contribution is 5.90. The summed E-state index contributed by atoms with van der Waals surface area (Å²) in [5, 5.41) is 4.24. The fourth-order valence-electron chi connectivity index (χ4n) is 3.36. The lowest BCUT2D eigenvalue weighted by molar-refractivity contribution is 0.301. The van der Waals surface area contributed by atoms with Gasteiger partial charge in [0.2, 0.25) is 5.95 Å². The molecule has 21 heavy (non-hydrogen) atoms. The molecule has 0 atom stereocenters. The van der Waals surface area contributed by atoms with Crippen molar-refractivity contribution < 1.29 is 0 Å². The smallest absolute Gasteiger partial charge is 0.224 e. The summed E-state index contributed by atoms with van der Waals surface area (Å²) in [4.78, 5) is 11.7. The first-order valence-electron chi connectivity index (χ1n) is 7.91. The van der Waals surface area contributed by atoms with Gasteiger partial charge < -0.3 is 10.2 Å². The second-order valence-electron chi connectivity index (χ2n) is 6.02. The summed E-state index contributed by atoms with van der Waals surface area (Å²) >= 11 is 0. The van der Waals surface area contributed by atoms with Gasteiger partial charge in [-0.2, -0.15) is 4.98 Å². The van der Waals surface area contributed by atoms with Crippen LogP contribution in [0.5, 0.6) is 0 Å². The van der Waals surface area contributed by atoms with Crippen molar-refractivity contribution in [3.63, 3.8) is 0 Å². The van der Waals surface area contributed by atoms with Crippen molar-refractivity contribution in [1.82, 2.24) is 9.97 Å². The maximum absolute atomic E-state index is 4.74. The van der Waals surface area contributed by atoms with Gasteiger partial charge in [0.05, 0.1) is 5.52 Å². The first-order chi connectivity index (χ1) is 10.2. The number of para-hydroxylation sites is 1. The molecular formula is C17H24N4. The highest BCUT2D eigenvalue weighted by atomic mass is 15.2. The molecule has 2 aromatic rings. The van der Waals surface area contributed by atoms with Crippen LogP contribution in [0.25, 0.3) is 10.9 Å². The van der Waals surface area contributed by atoms with Crippen molar-refractivity contribution in [2.45, 2.75) is 33.1 Å². The quantitative estimate of drug-likeness (QED) is 0.929. The molecule has 3 rings (SSSR count). The molecule has 1 aliphatic rings. The molecule has 1 fully saturated rings. The van der Waals surface area contributed by atoms with Crippen LogP contribution in [-0.4, -0.2) is 30.1 Å². The van der Waals surface area contributed by atoms with E-state index in [0.717, 1.165) is 29.8 Å². The van der Waals surface area contributed by atoms with E-state index >= 15 is 0 Å². The van der Waals surface area contributed by atoms with Gasteiger partial charge in [0, 0.05) is 25.5 Å². The van der Waals surface area contributed by atoms with Crippen molar-refractivity contribution in [3.8, 4) is 0 Å². The van der Waals surface area contributed by atoms with E-state index in [1.807, 2.05) is 13.1 Å². The number of fused-ring (bicyclic) bond motifs is 1. The number of aromatic nitrogens is 2. The van der Waals surface area contributed by atoms with Crippen molar-refractivity contribution in [2.75, 3.05) is 30.4 Å². The van der Waals surface area contributed by atoms with Gasteiger partial charge in [-0.05, 0) is 36.8 Å². The molecule has 0 spiro atoms. The lowest BCUT2D eigenvalue weighted by Gasteiger charge is -2.27. The van der Waals surface area contributed by atoms with Crippen molar-refractivity contribution >= 4 is 22.7 Å². The van der Waals surface area contributed by atoms with Crippen molar-refractivity contribution in [2.24, 2.45) is 5.41 Å². The average Bonchev–Trinajstić information content (AvgIpc) is 2.99. The number of hydrogen-bond donors (Lipinski definition) is 1. The number of hydrogen-bond acceptors (Lipinski definition) is 4. The van der Waals surface area contributed by atoms with Crippen LogP contribution in [0.4, 0.5) is 11.8 Å². The molecule has 1 N–H and O–H groups in total. The lowest BCUT2D eigenvalue weighted by Crippen LogP contribution is -2.27. The molecule has 0 saturated carbocycles. The van der Waals surface area contributed by atoms with Crippen LogP contribution in [0, 0.1) is 5.41 Å². The molecule has 4 heteroatoms. The Morgan fingerprint density at radius 2 is 1.95 bits per heavy atom. The molecule has 0 aliphatic carbocycles. The second kappa shape index (κ2) is 5.51. The standard InChI is InChI=1S/C17H24N4/c1-4-17(5-2)10-11-21(12-17)15-13-8-6-7-9-14(13)19-16(18-3)20-15/h6-9H,4-5,10-12H2,1-3H3,(H,18,19,20). The topological polar surface area (TPSA) is 41.1 Å². The number of rotatable bonds is 4. The van der Waals surface area contributed by atoms with E-state index in [4.69, 9.17) is 4.98 Å². The number of benzene rings is 1. The third-order valence-electron chi connectivity index (χ3n) is 5.04. The van der Waals surface area contributed by atoms with Crippen LogP contribution in [0.15, 0.2) is 24.3 Å². The Kier molecular flexibility index (Phi) is 3.70. The first-order valence-corrected chi connectivity index (χ1v) is 7.91. The summed E-state index contributed by atoms with van der Waals surface area (Å²) < 4.78 is 0. The van der Waals surface area contributed by atoms with Crippen LogP contribution >= 0.6 is 0 Å². The monoisotopic (exact) mass is 284 g/mol. The zero-order valence-corrected chi connectivity index (χ0v) is 13.2. The van der Waals surface area contributed by atoms with Crippen LogP contribution in [0.3, 0.4) is 0 Å². The Balaban J connectivity index is 2.04. The van der Waals surface area contributed by atoms with Crippen LogP contribution in [0.1, 0.15) is 33.1 Å². The van der Waals surface area contributed by atoms with Crippen LogP contribution in [0.2, 0.25) is 0 Å². The maximum atomic E-state index is 4.74. The second-order valence-corrected chi connectivity index (χ2v) is 6.02. The SMILES string of the molecule is CCC1(CC)CCN(c2nc(NC)nc3ccccc23)C1. The van der Waals surface area contributed by atoms with Gasteiger partial charge >= 0.3 is 0 Å². The summed E-state index contributed by atoms with van der Waals surface area (Å²) in [6.45, 7) is 6.81. The third-order valence-corrected chi connectivity index (χ3v) is 5.04. The molecule has 1 aliphatic heterocycles. The molecule has 1 saturated heterocycles. The Labute approximate surface area is 126 Å². The Morgan fingerprint density at radius 1 is 1.19 bits per heavy atom. The lowest BCUT2D eigenvalue weighted by atomic mass is 9.82. The average molecular weight is 284 g/mol. The predicted molar refractivity (Wildman–Crippen MR) is 88.9 cm³/mol. The van der Waals surface area contributed by atoms with Gasteiger partial charge in [-0.15, -0.1) is 0 Å². The maximum Gasteiger partial charge on any atom is 0.224 e. The Bertz CT molecular complexity index is 634. The summed E-state index contributed by atoms with van der Waals surface area (Å²) in [6, 6.07) is 8.29. The number of nitrogens with one attached hydrogen (secondary N) is 1. The third kappa shape index (κ3) is 2.43. The zero-order chi connectivity index (χ0) is 14.9. The minimum absolute atomic E-state index is 0.450. The van der Waals surface area contributed by atoms with Gasteiger partial charge in [0.25, 0.3) is 0 Å². The fraction of sp³-hybridized carbons (Fsp3) is 0.529. The molecule has 0 radical (unpaired) electrons. The van der Waals surface area contributed by atoms with Crippen LogP contribution < -0.4 is 10.2 Å². The van der Waals surface area contributed by atoms with Gasteiger partial charge in [0.1, 0.15) is 5.82 Å². The molecule has 0 bridgehead atoms. The largest absolute Gasteiger partial charge is 0.357 e. The number of nitrogens with zero attached hydrogens (tertiary/aromatic N) is 3. The van der Waals surface area contributed by atoms with Gasteiger partial charge in [0.15, 0.2) is 0 Å². The number of anilines is 2. The highest BCUT2D eigenvalue weighted by Gasteiger charge is 2.36. The van der Waals surface area contributed by atoms with E-state index in [9.17, 15) is 0 Å². The van der Waals surface area contributed by atoms with Crippen LogP contribution in [-0.2, 0) is 0 Å². The summed E-state index contributed by atoms with van der Waals surface area (Å²) in [6.07, 6.45) is 3.73. The van der Waals surface area contributed by atoms with Gasteiger partial charge in [-0.1, -0.05) is 26.0 Å². The van der Waals surface area contributed by atoms with Gasteiger partial charge in [-0.25, -0.2) is 4.98 Å². The van der Waals surface area contributed by atoms with E-state index in [0.29, 0.717) is 11.4 Å². The van der Waals surface area contributed by atoms with E-state index in [1.54, 1.807) is 0 Å². The summed E-state index contributed by atoms with van der Waals surface area (Å²) in [5.74, 6) is 1.78. The molecule has 0 unspecified atom stereocenters. The van der Waals surface area contributed by atoms with Gasteiger partial charge in [-0.3, -0.25) is 0 Å².